The number of nitrogens with zero attached hydrogens (tertiary/aromatic N) is 1. The van der Waals surface area contributed by atoms with Gasteiger partial charge in [-0.3, -0.25) is 0 Å². The molecule has 0 aliphatic carbocycles. The van der Waals surface area contributed by atoms with E-state index in [1.807, 2.05) is 6.92 Å². The first-order valence-corrected chi connectivity index (χ1v) is 5.55. The predicted octanol–water partition coefficient (Wildman–Crippen LogP) is 3.05. The zero-order chi connectivity index (χ0) is 9.30. The molecule has 12 heavy (non-hydrogen) atoms. The maximum atomic E-state index is 5.72. The largest absolute Gasteiger partial charge is 0.322 e. The van der Waals surface area contributed by atoms with Crippen molar-refractivity contribution in [1.29, 1.82) is 0 Å². The topological polar surface area (TPSA) is 38.9 Å². The molecule has 2 N–H and O–H groups in total. The first-order chi connectivity index (χ1) is 5.52. The van der Waals surface area contributed by atoms with Crippen LogP contribution in [-0.4, -0.2) is 4.98 Å². The molecular weight excluding hydrogens is 236 g/mol. The van der Waals surface area contributed by atoms with E-state index in [1.165, 1.54) is 0 Å². The van der Waals surface area contributed by atoms with Crippen LogP contribution in [0, 0.1) is 0 Å². The molecule has 1 aromatic heterocycles. The van der Waals surface area contributed by atoms with E-state index < -0.39 is 0 Å². The Morgan fingerprint density at radius 3 is 2.25 bits per heavy atom. The van der Waals surface area contributed by atoms with Crippen LogP contribution in [0.25, 0.3) is 0 Å². The van der Waals surface area contributed by atoms with Gasteiger partial charge in [0.05, 0.1) is 15.5 Å². The van der Waals surface area contributed by atoms with E-state index in [0.717, 1.165) is 14.5 Å². The van der Waals surface area contributed by atoms with Crippen LogP contribution in [0.4, 0.5) is 0 Å². The monoisotopic (exact) mass is 248 g/mol. The Morgan fingerprint density at radius 1 is 1.42 bits per heavy atom. The summed E-state index contributed by atoms with van der Waals surface area (Å²) in [4.78, 5) is 4.46. The number of aromatic nitrogens is 1. The minimum absolute atomic E-state index is 0.0406. The number of rotatable bonds is 2. The summed E-state index contributed by atoms with van der Waals surface area (Å²) in [6.45, 7) is 6.21. The van der Waals surface area contributed by atoms with Gasteiger partial charge in [0.15, 0.2) is 0 Å². The highest BCUT2D eigenvalue weighted by Crippen LogP contribution is 2.31. The third-order valence-corrected chi connectivity index (χ3v) is 3.52. The van der Waals surface area contributed by atoms with E-state index >= 15 is 0 Å². The number of thiazole rings is 1. The zero-order valence-electron chi connectivity index (χ0n) is 7.47. The maximum absolute atomic E-state index is 5.72. The Morgan fingerprint density at radius 2 is 2.00 bits per heavy atom. The second kappa shape index (κ2) is 3.85. The van der Waals surface area contributed by atoms with E-state index in [9.17, 15) is 0 Å². The van der Waals surface area contributed by atoms with Crippen molar-refractivity contribution >= 4 is 27.3 Å². The fourth-order valence-corrected chi connectivity index (χ4v) is 2.82. The lowest BCUT2D eigenvalue weighted by atomic mass is 10.2. The second-order valence-electron chi connectivity index (χ2n) is 3.15. The lowest BCUT2D eigenvalue weighted by molar-refractivity contribution is 0.770. The third kappa shape index (κ3) is 2.06. The van der Waals surface area contributed by atoms with Crippen molar-refractivity contribution in [2.45, 2.75) is 32.7 Å². The van der Waals surface area contributed by atoms with Crippen LogP contribution >= 0.6 is 27.3 Å². The Kier molecular flexibility index (Phi) is 3.26. The Bertz CT molecular complexity index is 268. The minimum atomic E-state index is 0.0406. The van der Waals surface area contributed by atoms with Gasteiger partial charge in [-0.15, -0.1) is 11.3 Å². The Labute approximate surface area is 85.3 Å². The smallest absolute Gasteiger partial charge is 0.110 e. The van der Waals surface area contributed by atoms with Crippen LogP contribution in [0.3, 0.4) is 0 Å². The number of nitrogens with two attached hydrogens (primary N) is 1. The molecule has 1 heterocycles. The van der Waals surface area contributed by atoms with Crippen LogP contribution in [0.1, 0.15) is 43.4 Å². The van der Waals surface area contributed by atoms with Crippen LogP contribution < -0.4 is 5.73 Å². The average Bonchev–Trinajstić information content (AvgIpc) is 2.30. The third-order valence-electron chi connectivity index (χ3n) is 1.56. The first kappa shape index (κ1) is 10.2. The maximum Gasteiger partial charge on any atom is 0.110 e. The van der Waals surface area contributed by atoms with Gasteiger partial charge in [-0.2, -0.15) is 0 Å². The molecule has 0 spiro atoms. The van der Waals surface area contributed by atoms with Crippen LogP contribution in [-0.2, 0) is 0 Å². The molecule has 2 nitrogen and oxygen atoms in total. The van der Waals surface area contributed by atoms with Gasteiger partial charge in [-0.05, 0) is 28.8 Å². The molecule has 1 atom stereocenters. The summed E-state index contributed by atoms with van der Waals surface area (Å²) in [5.41, 5.74) is 6.84. The fraction of sp³-hybridized carbons (Fsp3) is 0.625. The summed E-state index contributed by atoms with van der Waals surface area (Å²) < 4.78 is 1.12. The van der Waals surface area contributed by atoms with Gasteiger partial charge < -0.3 is 5.73 Å². The molecule has 0 amide bonds. The van der Waals surface area contributed by atoms with Crippen LogP contribution in [0.2, 0.25) is 0 Å². The lowest BCUT2D eigenvalue weighted by Crippen LogP contribution is -2.04. The summed E-state index contributed by atoms with van der Waals surface area (Å²) in [7, 11) is 0. The molecule has 68 valence electrons. The highest BCUT2D eigenvalue weighted by Gasteiger charge is 2.13. The quantitative estimate of drug-likeness (QED) is 0.874. The van der Waals surface area contributed by atoms with E-state index in [2.05, 4.69) is 34.8 Å². The molecule has 0 aliphatic rings. The highest BCUT2D eigenvalue weighted by molar-refractivity contribution is 9.11. The second-order valence-corrected chi connectivity index (χ2v) is 5.50. The molecule has 0 aliphatic heterocycles. The normalized spacial score (nSPS) is 13.8. The molecule has 0 fully saturated rings. The lowest BCUT2D eigenvalue weighted by Gasteiger charge is -1.99. The Hall–Kier alpha value is 0.0700. The van der Waals surface area contributed by atoms with Gasteiger partial charge in [0.2, 0.25) is 0 Å². The molecular formula is C8H13BrN2S. The van der Waals surface area contributed by atoms with Gasteiger partial charge in [-0.25, -0.2) is 4.98 Å². The van der Waals surface area contributed by atoms with Gasteiger partial charge in [0, 0.05) is 0 Å². The Balaban J connectivity index is 3.00. The van der Waals surface area contributed by atoms with Crippen molar-refractivity contribution in [2.75, 3.05) is 0 Å². The molecule has 0 aromatic carbocycles. The van der Waals surface area contributed by atoms with Gasteiger partial charge >= 0.3 is 0 Å². The van der Waals surface area contributed by atoms with Crippen molar-refractivity contribution in [2.24, 2.45) is 5.73 Å². The molecule has 1 aromatic rings. The highest BCUT2D eigenvalue weighted by atomic mass is 79.9. The van der Waals surface area contributed by atoms with Crippen molar-refractivity contribution in [3.05, 3.63) is 14.5 Å². The van der Waals surface area contributed by atoms with E-state index in [4.69, 9.17) is 5.73 Å². The molecule has 1 unspecified atom stereocenters. The molecule has 1 rings (SSSR count). The van der Waals surface area contributed by atoms with Crippen molar-refractivity contribution < 1.29 is 0 Å². The summed E-state index contributed by atoms with van der Waals surface area (Å²) in [5.74, 6) is 0.461. The van der Waals surface area contributed by atoms with Crippen molar-refractivity contribution in [1.82, 2.24) is 4.98 Å². The predicted molar refractivity (Wildman–Crippen MR) is 56.5 cm³/mol. The summed E-state index contributed by atoms with van der Waals surface area (Å²) in [5, 5.41) is 1.01. The zero-order valence-corrected chi connectivity index (χ0v) is 9.87. The summed E-state index contributed by atoms with van der Waals surface area (Å²) in [6, 6.07) is 0.0406. The number of hydrogen-bond donors (Lipinski definition) is 1. The van der Waals surface area contributed by atoms with Crippen molar-refractivity contribution in [3.63, 3.8) is 0 Å². The molecule has 0 bridgehead atoms. The van der Waals surface area contributed by atoms with Gasteiger partial charge in [0.1, 0.15) is 5.01 Å². The van der Waals surface area contributed by atoms with Crippen LogP contribution in [0.15, 0.2) is 3.79 Å². The van der Waals surface area contributed by atoms with E-state index in [-0.39, 0.29) is 6.04 Å². The molecule has 4 heteroatoms. The van der Waals surface area contributed by atoms with Gasteiger partial charge in [0.25, 0.3) is 0 Å². The minimum Gasteiger partial charge on any atom is -0.322 e. The SMILES string of the molecule is CC(C)c1nc(C(C)N)sc1Br. The fourth-order valence-electron chi connectivity index (χ4n) is 0.880. The van der Waals surface area contributed by atoms with Gasteiger partial charge in [-0.1, -0.05) is 13.8 Å². The van der Waals surface area contributed by atoms with Crippen LogP contribution in [0.5, 0.6) is 0 Å². The van der Waals surface area contributed by atoms with E-state index in [0.29, 0.717) is 5.92 Å². The average molecular weight is 249 g/mol. The van der Waals surface area contributed by atoms with E-state index in [1.54, 1.807) is 11.3 Å². The summed E-state index contributed by atoms with van der Waals surface area (Å²) in [6.07, 6.45) is 0. The number of hydrogen-bond acceptors (Lipinski definition) is 3. The summed E-state index contributed by atoms with van der Waals surface area (Å²) >= 11 is 5.12. The standard InChI is InChI=1S/C8H13BrN2S/c1-4(2)6-7(9)12-8(11-6)5(3)10/h4-5H,10H2,1-3H3. The van der Waals surface area contributed by atoms with Crippen molar-refractivity contribution in [3.8, 4) is 0 Å². The molecule has 0 saturated carbocycles. The molecule has 0 radical (unpaired) electrons. The first-order valence-electron chi connectivity index (χ1n) is 3.94. The molecule has 0 saturated heterocycles. The number of halogens is 1.